The molecule has 0 radical (unpaired) electrons. The molecule has 1 saturated carbocycles. The first-order chi connectivity index (χ1) is 9.54. The van der Waals surface area contributed by atoms with Crippen molar-refractivity contribution in [2.24, 2.45) is 5.92 Å². The van der Waals surface area contributed by atoms with Crippen molar-refractivity contribution in [2.75, 3.05) is 13.1 Å². The maximum Gasteiger partial charge on any atom is 0.251 e. The second-order valence-corrected chi connectivity index (χ2v) is 5.90. The number of carbonyl (C=O) groups is 2. The highest BCUT2D eigenvalue weighted by Gasteiger charge is 2.27. The minimum absolute atomic E-state index is 0.0375. The van der Waals surface area contributed by atoms with Crippen LogP contribution in [-0.4, -0.2) is 36.1 Å². The topological polar surface area (TPSA) is 78.4 Å². The summed E-state index contributed by atoms with van der Waals surface area (Å²) in [5.41, 5.74) is 0.517. The van der Waals surface area contributed by atoms with E-state index < -0.39 is 0 Å². The fourth-order valence-electron chi connectivity index (χ4n) is 2.05. The Bertz CT molecular complexity index is 484. The molecule has 2 rings (SSSR count). The summed E-state index contributed by atoms with van der Waals surface area (Å²) in [6.07, 6.45) is 1.27. The van der Waals surface area contributed by atoms with E-state index in [-0.39, 0.29) is 24.5 Å². The van der Waals surface area contributed by atoms with Crippen molar-refractivity contribution in [3.05, 3.63) is 34.3 Å². The van der Waals surface area contributed by atoms with Gasteiger partial charge in [-0.15, -0.1) is 0 Å². The molecule has 1 aromatic carbocycles. The van der Waals surface area contributed by atoms with Crippen LogP contribution < -0.4 is 10.6 Å². The van der Waals surface area contributed by atoms with Crippen LogP contribution >= 0.6 is 15.9 Å². The lowest BCUT2D eigenvalue weighted by Crippen LogP contribution is -2.42. The lowest BCUT2D eigenvalue weighted by molar-refractivity contribution is -0.120. The molecule has 1 aliphatic carbocycles. The highest BCUT2D eigenvalue weighted by Crippen LogP contribution is 2.25. The van der Waals surface area contributed by atoms with Gasteiger partial charge < -0.3 is 15.7 Å². The maximum absolute atomic E-state index is 11.8. The SMILES string of the molecule is O=C(CNC(=O)c1ccc(Br)cc1)NCC1CC(O)C1. The molecule has 6 heteroatoms. The molecule has 0 spiro atoms. The molecule has 108 valence electrons. The lowest BCUT2D eigenvalue weighted by atomic mass is 9.82. The molecular weight excluding hydrogens is 324 g/mol. The Morgan fingerprint density at radius 1 is 1.20 bits per heavy atom. The summed E-state index contributed by atoms with van der Waals surface area (Å²) in [5.74, 6) is -0.125. The van der Waals surface area contributed by atoms with E-state index in [9.17, 15) is 9.59 Å². The van der Waals surface area contributed by atoms with Gasteiger partial charge in [-0.3, -0.25) is 9.59 Å². The van der Waals surface area contributed by atoms with Crippen LogP contribution in [-0.2, 0) is 4.79 Å². The Morgan fingerprint density at radius 3 is 2.45 bits per heavy atom. The second kappa shape index (κ2) is 6.85. The van der Waals surface area contributed by atoms with E-state index >= 15 is 0 Å². The molecule has 3 N–H and O–H groups in total. The molecule has 0 atom stereocenters. The van der Waals surface area contributed by atoms with Crippen LogP contribution in [0.5, 0.6) is 0 Å². The van der Waals surface area contributed by atoms with Crippen LogP contribution in [0, 0.1) is 5.92 Å². The molecule has 0 unspecified atom stereocenters. The van der Waals surface area contributed by atoms with Crippen molar-refractivity contribution in [2.45, 2.75) is 18.9 Å². The molecule has 1 aromatic rings. The Kier molecular flexibility index (Phi) is 5.14. The van der Waals surface area contributed by atoms with Gasteiger partial charge in [0.05, 0.1) is 12.6 Å². The fraction of sp³-hybridized carbons (Fsp3) is 0.429. The van der Waals surface area contributed by atoms with E-state index in [0.29, 0.717) is 18.0 Å². The van der Waals surface area contributed by atoms with E-state index in [4.69, 9.17) is 5.11 Å². The maximum atomic E-state index is 11.8. The van der Waals surface area contributed by atoms with E-state index in [2.05, 4.69) is 26.6 Å². The van der Waals surface area contributed by atoms with Crippen molar-refractivity contribution < 1.29 is 14.7 Å². The third-order valence-corrected chi connectivity index (χ3v) is 3.84. The van der Waals surface area contributed by atoms with Crippen LogP contribution in [0.2, 0.25) is 0 Å². The van der Waals surface area contributed by atoms with Crippen LogP contribution in [0.4, 0.5) is 0 Å². The summed E-state index contributed by atoms with van der Waals surface area (Å²) >= 11 is 3.29. The predicted octanol–water partition coefficient (Wildman–Crippen LogP) is 1.07. The summed E-state index contributed by atoms with van der Waals surface area (Å²) in [5, 5.41) is 14.5. The molecule has 0 bridgehead atoms. The molecular formula is C14H17BrN2O3. The average molecular weight is 341 g/mol. The third kappa shape index (κ3) is 4.31. The van der Waals surface area contributed by atoms with Gasteiger partial charge in [-0.05, 0) is 43.0 Å². The Morgan fingerprint density at radius 2 is 1.85 bits per heavy atom. The molecule has 5 nitrogen and oxygen atoms in total. The minimum atomic E-state index is -0.272. The first kappa shape index (κ1) is 15.0. The van der Waals surface area contributed by atoms with Crippen molar-refractivity contribution in [1.29, 1.82) is 0 Å². The molecule has 0 aromatic heterocycles. The Balaban J connectivity index is 1.67. The number of hydrogen-bond donors (Lipinski definition) is 3. The Hall–Kier alpha value is -1.40. The number of halogens is 1. The van der Waals surface area contributed by atoms with Crippen LogP contribution in [0.3, 0.4) is 0 Å². The number of rotatable bonds is 5. The van der Waals surface area contributed by atoms with Gasteiger partial charge in [0, 0.05) is 16.6 Å². The molecule has 1 aliphatic rings. The minimum Gasteiger partial charge on any atom is -0.393 e. The number of carbonyl (C=O) groups excluding carboxylic acids is 2. The molecule has 1 fully saturated rings. The number of benzene rings is 1. The number of aliphatic hydroxyl groups is 1. The van der Waals surface area contributed by atoms with Crippen molar-refractivity contribution >= 4 is 27.7 Å². The Labute approximate surface area is 125 Å². The van der Waals surface area contributed by atoms with E-state index in [1.807, 2.05) is 0 Å². The number of amides is 2. The van der Waals surface area contributed by atoms with Gasteiger partial charge >= 0.3 is 0 Å². The first-order valence-corrected chi connectivity index (χ1v) is 7.32. The zero-order valence-corrected chi connectivity index (χ0v) is 12.5. The monoisotopic (exact) mass is 340 g/mol. The molecule has 0 aliphatic heterocycles. The lowest BCUT2D eigenvalue weighted by Gasteiger charge is -2.31. The van der Waals surface area contributed by atoms with Crippen molar-refractivity contribution in [3.63, 3.8) is 0 Å². The van der Waals surface area contributed by atoms with Crippen molar-refractivity contribution in [1.82, 2.24) is 10.6 Å². The van der Waals surface area contributed by atoms with E-state index in [1.165, 1.54) is 0 Å². The van der Waals surface area contributed by atoms with Crippen LogP contribution in [0.15, 0.2) is 28.7 Å². The summed E-state index contributed by atoms with van der Waals surface area (Å²) < 4.78 is 0.898. The average Bonchev–Trinajstić information content (AvgIpc) is 2.40. The largest absolute Gasteiger partial charge is 0.393 e. The standard InChI is InChI=1S/C14H17BrN2O3/c15-11-3-1-10(2-4-11)14(20)17-8-13(19)16-7-9-5-12(18)6-9/h1-4,9,12,18H,5-8H2,(H,16,19)(H,17,20). The highest BCUT2D eigenvalue weighted by atomic mass is 79.9. The third-order valence-electron chi connectivity index (χ3n) is 3.31. The smallest absolute Gasteiger partial charge is 0.251 e. The second-order valence-electron chi connectivity index (χ2n) is 4.98. The van der Waals surface area contributed by atoms with E-state index in [0.717, 1.165) is 17.3 Å². The van der Waals surface area contributed by atoms with Crippen LogP contribution in [0.25, 0.3) is 0 Å². The van der Waals surface area contributed by atoms with Gasteiger partial charge in [-0.25, -0.2) is 0 Å². The number of nitrogens with one attached hydrogen (secondary N) is 2. The quantitative estimate of drug-likeness (QED) is 0.750. The predicted molar refractivity (Wildman–Crippen MR) is 78.2 cm³/mol. The zero-order chi connectivity index (χ0) is 14.5. The van der Waals surface area contributed by atoms with Gasteiger partial charge in [0.15, 0.2) is 0 Å². The first-order valence-electron chi connectivity index (χ1n) is 6.53. The van der Waals surface area contributed by atoms with Gasteiger partial charge in [-0.2, -0.15) is 0 Å². The zero-order valence-electron chi connectivity index (χ0n) is 10.9. The molecule has 20 heavy (non-hydrogen) atoms. The van der Waals surface area contributed by atoms with Gasteiger partial charge in [0.1, 0.15) is 0 Å². The molecule has 0 heterocycles. The summed E-state index contributed by atoms with van der Waals surface area (Å²) in [4.78, 5) is 23.3. The van der Waals surface area contributed by atoms with E-state index in [1.54, 1.807) is 24.3 Å². The molecule has 2 amide bonds. The number of hydrogen-bond acceptors (Lipinski definition) is 3. The molecule has 0 saturated heterocycles. The normalized spacial score (nSPS) is 20.9. The van der Waals surface area contributed by atoms with Gasteiger partial charge in [0.2, 0.25) is 5.91 Å². The fourth-order valence-corrected chi connectivity index (χ4v) is 2.32. The summed E-state index contributed by atoms with van der Waals surface area (Å²) in [6.45, 7) is 0.522. The van der Waals surface area contributed by atoms with Crippen LogP contribution in [0.1, 0.15) is 23.2 Å². The van der Waals surface area contributed by atoms with Crippen molar-refractivity contribution in [3.8, 4) is 0 Å². The summed E-state index contributed by atoms with van der Waals surface area (Å²) in [6, 6.07) is 6.92. The van der Waals surface area contributed by atoms with Gasteiger partial charge in [-0.1, -0.05) is 15.9 Å². The number of aliphatic hydroxyl groups excluding tert-OH is 1. The summed E-state index contributed by atoms with van der Waals surface area (Å²) in [7, 11) is 0. The highest BCUT2D eigenvalue weighted by molar-refractivity contribution is 9.10. The van der Waals surface area contributed by atoms with Gasteiger partial charge in [0.25, 0.3) is 5.91 Å².